The molecule has 3 N–H and O–H groups in total. The van der Waals surface area contributed by atoms with E-state index in [-0.39, 0.29) is 35.5 Å². The monoisotopic (exact) mass is 517 g/mol. The van der Waals surface area contributed by atoms with Gasteiger partial charge in [0, 0.05) is 45.3 Å². The van der Waals surface area contributed by atoms with Gasteiger partial charge in [-0.1, -0.05) is 18.2 Å². The summed E-state index contributed by atoms with van der Waals surface area (Å²) in [7, 11) is 3.46. The fraction of sp³-hybridized carbons (Fsp3) is 0.619. The van der Waals surface area contributed by atoms with Crippen molar-refractivity contribution < 1.29 is 9.53 Å². The van der Waals surface area contributed by atoms with Crippen LogP contribution < -0.4 is 20.7 Å². The molecule has 1 aromatic rings. The average Bonchev–Trinajstić information content (AvgIpc) is 2.66. The SMILES string of the molecule is CN=C(NCc1ccccc1OC(C)(C)C)NC1CCN(CC(=O)NC)CC1.I. The van der Waals surface area contributed by atoms with Gasteiger partial charge in [-0.2, -0.15) is 0 Å². The second-order valence-electron chi connectivity index (χ2n) is 8.12. The molecule has 0 atom stereocenters. The van der Waals surface area contributed by atoms with E-state index in [9.17, 15) is 4.79 Å². The summed E-state index contributed by atoms with van der Waals surface area (Å²) >= 11 is 0. The Morgan fingerprint density at radius 2 is 1.90 bits per heavy atom. The summed E-state index contributed by atoms with van der Waals surface area (Å²) in [6, 6.07) is 8.43. The van der Waals surface area contributed by atoms with Gasteiger partial charge < -0.3 is 20.7 Å². The Labute approximate surface area is 192 Å². The molecule has 0 aliphatic carbocycles. The van der Waals surface area contributed by atoms with Gasteiger partial charge in [0.1, 0.15) is 11.4 Å². The topological polar surface area (TPSA) is 78.0 Å². The molecule has 0 aromatic heterocycles. The lowest BCUT2D eigenvalue weighted by molar-refractivity contribution is -0.122. The van der Waals surface area contributed by atoms with Gasteiger partial charge in [-0.3, -0.25) is 14.7 Å². The Balaban J connectivity index is 0.00000420. The molecule has 1 fully saturated rings. The summed E-state index contributed by atoms with van der Waals surface area (Å²) in [4.78, 5) is 18.1. The van der Waals surface area contributed by atoms with Crippen LogP contribution in [0.3, 0.4) is 0 Å². The van der Waals surface area contributed by atoms with Crippen molar-refractivity contribution in [3.8, 4) is 5.75 Å². The first-order valence-electron chi connectivity index (χ1n) is 9.98. The van der Waals surface area contributed by atoms with Crippen molar-refractivity contribution >= 4 is 35.8 Å². The number of halogens is 1. The van der Waals surface area contributed by atoms with Gasteiger partial charge >= 0.3 is 0 Å². The molecule has 164 valence electrons. The number of carbonyl (C=O) groups excluding carboxylic acids is 1. The number of amides is 1. The van der Waals surface area contributed by atoms with Gasteiger partial charge in [0.25, 0.3) is 0 Å². The molecule has 1 aromatic carbocycles. The molecule has 2 rings (SSSR count). The molecule has 1 heterocycles. The number of benzene rings is 1. The van der Waals surface area contributed by atoms with E-state index in [1.165, 1.54) is 0 Å². The lowest BCUT2D eigenvalue weighted by atomic mass is 10.1. The highest BCUT2D eigenvalue weighted by Crippen LogP contribution is 2.22. The van der Waals surface area contributed by atoms with E-state index >= 15 is 0 Å². The highest BCUT2D eigenvalue weighted by atomic mass is 127. The van der Waals surface area contributed by atoms with Gasteiger partial charge in [0.15, 0.2) is 5.96 Å². The third-order valence-electron chi connectivity index (χ3n) is 4.63. The molecular formula is C21H36IN5O2. The minimum Gasteiger partial charge on any atom is -0.488 e. The normalized spacial score (nSPS) is 16.0. The maximum absolute atomic E-state index is 11.5. The first-order valence-corrected chi connectivity index (χ1v) is 9.98. The van der Waals surface area contributed by atoms with Gasteiger partial charge in [0.05, 0.1) is 6.54 Å². The predicted molar refractivity (Wildman–Crippen MR) is 129 cm³/mol. The predicted octanol–water partition coefficient (Wildman–Crippen LogP) is 2.36. The zero-order valence-electron chi connectivity index (χ0n) is 18.2. The van der Waals surface area contributed by atoms with Crippen molar-refractivity contribution in [1.29, 1.82) is 0 Å². The number of carbonyl (C=O) groups is 1. The second-order valence-corrected chi connectivity index (χ2v) is 8.12. The lowest BCUT2D eigenvalue weighted by Crippen LogP contribution is -2.49. The number of likely N-dealkylation sites (tertiary alicyclic amines) is 1. The number of guanidine groups is 1. The number of nitrogens with one attached hydrogen (secondary N) is 3. The highest BCUT2D eigenvalue weighted by Gasteiger charge is 2.21. The third kappa shape index (κ3) is 9.20. The van der Waals surface area contributed by atoms with Crippen molar-refractivity contribution in [3.05, 3.63) is 29.8 Å². The Hall–Kier alpha value is -1.55. The van der Waals surface area contributed by atoms with Gasteiger partial charge in [-0.15, -0.1) is 24.0 Å². The quantitative estimate of drug-likeness (QED) is 0.307. The van der Waals surface area contributed by atoms with E-state index in [1.807, 2.05) is 39.0 Å². The summed E-state index contributed by atoms with van der Waals surface area (Å²) in [5, 5.41) is 9.58. The molecule has 0 bridgehead atoms. The minimum atomic E-state index is -0.237. The number of ether oxygens (including phenoxy) is 1. The highest BCUT2D eigenvalue weighted by molar-refractivity contribution is 14.0. The van der Waals surface area contributed by atoms with Crippen LogP contribution in [0.15, 0.2) is 29.3 Å². The van der Waals surface area contributed by atoms with Crippen LogP contribution in [-0.2, 0) is 11.3 Å². The zero-order valence-corrected chi connectivity index (χ0v) is 20.6. The molecule has 0 saturated carbocycles. The molecule has 0 unspecified atom stereocenters. The van der Waals surface area contributed by atoms with Gasteiger partial charge in [0.2, 0.25) is 5.91 Å². The maximum Gasteiger partial charge on any atom is 0.233 e. The molecule has 1 aliphatic heterocycles. The summed E-state index contributed by atoms with van der Waals surface area (Å²) in [5.74, 6) is 1.75. The fourth-order valence-corrected chi connectivity index (χ4v) is 3.16. The molecule has 29 heavy (non-hydrogen) atoms. The summed E-state index contributed by atoms with van der Waals surface area (Å²) in [5.41, 5.74) is 0.861. The zero-order chi connectivity index (χ0) is 20.6. The number of rotatable bonds is 6. The van der Waals surface area contributed by atoms with Crippen LogP contribution in [-0.4, -0.2) is 62.1 Å². The standard InChI is InChI=1S/C21H35N5O2.HI/c1-21(2,3)28-18-9-7-6-8-16(18)14-24-20(23-5)25-17-10-12-26(13-11-17)15-19(27)22-4;/h6-9,17H,10-15H2,1-5H3,(H,22,27)(H2,23,24,25);1H. The molecule has 7 nitrogen and oxygen atoms in total. The van der Waals surface area contributed by atoms with E-state index in [0.717, 1.165) is 43.2 Å². The van der Waals surface area contributed by atoms with Crippen LogP contribution in [0.5, 0.6) is 5.75 Å². The molecule has 0 spiro atoms. The second kappa shape index (κ2) is 12.2. The Morgan fingerprint density at radius 3 is 2.48 bits per heavy atom. The first kappa shape index (κ1) is 25.5. The average molecular weight is 517 g/mol. The van der Waals surface area contributed by atoms with Crippen molar-refractivity contribution in [2.75, 3.05) is 33.7 Å². The third-order valence-corrected chi connectivity index (χ3v) is 4.63. The summed E-state index contributed by atoms with van der Waals surface area (Å²) in [6.45, 7) is 9.08. The Morgan fingerprint density at radius 1 is 1.24 bits per heavy atom. The number of hydrogen-bond acceptors (Lipinski definition) is 4. The number of para-hydroxylation sites is 1. The van der Waals surface area contributed by atoms with Crippen LogP contribution in [0.25, 0.3) is 0 Å². The van der Waals surface area contributed by atoms with Crippen LogP contribution in [0, 0.1) is 0 Å². The largest absolute Gasteiger partial charge is 0.488 e. The number of likely N-dealkylation sites (N-methyl/N-ethyl adjacent to an activating group) is 1. The molecular weight excluding hydrogens is 481 g/mol. The first-order chi connectivity index (χ1) is 13.3. The molecule has 1 aliphatic rings. The Kier molecular flexibility index (Phi) is 10.7. The molecule has 8 heteroatoms. The van der Waals surface area contributed by atoms with Crippen molar-refractivity contribution in [1.82, 2.24) is 20.9 Å². The summed E-state index contributed by atoms with van der Waals surface area (Å²) < 4.78 is 6.06. The van der Waals surface area contributed by atoms with E-state index in [2.05, 4.69) is 31.9 Å². The molecule has 1 amide bonds. The number of hydrogen-bond donors (Lipinski definition) is 3. The fourth-order valence-electron chi connectivity index (χ4n) is 3.16. The number of nitrogens with zero attached hydrogens (tertiary/aromatic N) is 2. The lowest BCUT2D eigenvalue weighted by Gasteiger charge is -2.32. The van der Waals surface area contributed by atoms with Gasteiger partial charge in [-0.25, -0.2) is 0 Å². The van der Waals surface area contributed by atoms with Crippen LogP contribution >= 0.6 is 24.0 Å². The smallest absolute Gasteiger partial charge is 0.233 e. The van der Waals surface area contributed by atoms with E-state index in [0.29, 0.717) is 19.1 Å². The van der Waals surface area contributed by atoms with E-state index < -0.39 is 0 Å². The van der Waals surface area contributed by atoms with Crippen molar-refractivity contribution in [2.24, 2.45) is 4.99 Å². The molecule has 0 radical (unpaired) electrons. The summed E-state index contributed by atoms with van der Waals surface area (Å²) in [6.07, 6.45) is 1.98. The Bertz CT molecular complexity index is 667. The van der Waals surface area contributed by atoms with Gasteiger partial charge in [-0.05, 0) is 39.7 Å². The van der Waals surface area contributed by atoms with Crippen LogP contribution in [0.4, 0.5) is 0 Å². The van der Waals surface area contributed by atoms with Crippen LogP contribution in [0.1, 0.15) is 39.2 Å². The van der Waals surface area contributed by atoms with E-state index in [4.69, 9.17) is 4.74 Å². The number of piperidine rings is 1. The van der Waals surface area contributed by atoms with Crippen molar-refractivity contribution in [3.63, 3.8) is 0 Å². The maximum atomic E-state index is 11.5. The molecule has 1 saturated heterocycles. The van der Waals surface area contributed by atoms with E-state index in [1.54, 1.807) is 14.1 Å². The minimum absolute atomic E-state index is 0. The van der Waals surface area contributed by atoms with Crippen molar-refractivity contribution in [2.45, 2.75) is 51.8 Å². The number of aliphatic imine (C=N–C) groups is 1. The van der Waals surface area contributed by atoms with Crippen LogP contribution in [0.2, 0.25) is 0 Å².